The number of aromatic nitrogens is 1. The van der Waals surface area contributed by atoms with Crippen molar-refractivity contribution in [3.63, 3.8) is 0 Å². The van der Waals surface area contributed by atoms with E-state index in [1.165, 1.54) is 0 Å². The summed E-state index contributed by atoms with van der Waals surface area (Å²) in [7, 11) is 3.49. The van der Waals surface area contributed by atoms with Crippen molar-refractivity contribution in [2.75, 3.05) is 27.3 Å². The van der Waals surface area contributed by atoms with E-state index in [4.69, 9.17) is 16.3 Å². The number of methoxy groups -OCH3 is 1. The Morgan fingerprint density at radius 2 is 2.38 bits per heavy atom. The molecule has 5 heteroatoms. The first kappa shape index (κ1) is 13.4. The number of hydrogen-bond donors (Lipinski definition) is 1. The zero-order valence-corrected chi connectivity index (χ0v) is 10.3. The number of nitrogens with zero attached hydrogens (tertiary/aromatic N) is 2. The summed E-state index contributed by atoms with van der Waals surface area (Å²) in [6.45, 7) is 1.54. The predicted octanol–water partition coefficient (Wildman–Crippen LogP) is 1.17. The molecule has 0 bridgehead atoms. The van der Waals surface area contributed by atoms with Gasteiger partial charge in [0.05, 0.1) is 12.7 Å². The average Bonchev–Trinajstić information content (AvgIpc) is 2.21. The number of aliphatic hydroxyl groups is 1. The molecule has 1 aromatic heterocycles. The van der Waals surface area contributed by atoms with Crippen LogP contribution in [-0.2, 0) is 11.3 Å². The van der Waals surface area contributed by atoms with E-state index in [-0.39, 0.29) is 0 Å². The minimum atomic E-state index is -0.481. The maximum atomic E-state index is 9.55. The van der Waals surface area contributed by atoms with E-state index in [0.29, 0.717) is 24.8 Å². The molecular formula is C11H17ClN2O2. The van der Waals surface area contributed by atoms with Crippen LogP contribution in [0.4, 0.5) is 0 Å². The second-order valence-electron chi connectivity index (χ2n) is 3.76. The SMILES string of the molecule is COCC(O)CN(C)Cc1cccnc1Cl. The van der Waals surface area contributed by atoms with E-state index < -0.39 is 6.10 Å². The Morgan fingerprint density at radius 1 is 1.62 bits per heavy atom. The third kappa shape index (κ3) is 4.45. The van der Waals surface area contributed by atoms with Crippen LogP contribution >= 0.6 is 11.6 Å². The van der Waals surface area contributed by atoms with Gasteiger partial charge in [-0.05, 0) is 13.1 Å². The van der Waals surface area contributed by atoms with Gasteiger partial charge in [-0.15, -0.1) is 0 Å². The van der Waals surface area contributed by atoms with Gasteiger partial charge >= 0.3 is 0 Å². The highest BCUT2D eigenvalue weighted by molar-refractivity contribution is 6.30. The molecule has 4 nitrogen and oxygen atoms in total. The summed E-state index contributed by atoms with van der Waals surface area (Å²) in [6, 6.07) is 3.77. The fourth-order valence-electron chi connectivity index (χ4n) is 1.50. The smallest absolute Gasteiger partial charge is 0.133 e. The summed E-state index contributed by atoms with van der Waals surface area (Å²) in [5.74, 6) is 0. The van der Waals surface area contributed by atoms with Gasteiger partial charge in [0.15, 0.2) is 0 Å². The van der Waals surface area contributed by atoms with Gasteiger partial charge < -0.3 is 9.84 Å². The summed E-state index contributed by atoms with van der Waals surface area (Å²) < 4.78 is 4.86. The van der Waals surface area contributed by atoms with Crippen molar-refractivity contribution in [2.24, 2.45) is 0 Å². The van der Waals surface area contributed by atoms with E-state index in [2.05, 4.69) is 4.98 Å². The summed E-state index contributed by atoms with van der Waals surface area (Å²) in [4.78, 5) is 5.98. The van der Waals surface area contributed by atoms with Crippen LogP contribution in [-0.4, -0.2) is 48.4 Å². The fourth-order valence-corrected chi connectivity index (χ4v) is 1.68. The first-order chi connectivity index (χ1) is 7.63. The molecule has 1 atom stereocenters. The monoisotopic (exact) mass is 244 g/mol. The van der Waals surface area contributed by atoms with Gasteiger partial charge in [-0.3, -0.25) is 4.90 Å². The largest absolute Gasteiger partial charge is 0.389 e. The first-order valence-corrected chi connectivity index (χ1v) is 5.46. The lowest BCUT2D eigenvalue weighted by molar-refractivity contribution is 0.0418. The van der Waals surface area contributed by atoms with Gasteiger partial charge in [0, 0.05) is 32.0 Å². The molecule has 1 aromatic rings. The topological polar surface area (TPSA) is 45.6 Å². The van der Waals surface area contributed by atoms with Gasteiger partial charge in [-0.1, -0.05) is 17.7 Å². The first-order valence-electron chi connectivity index (χ1n) is 5.08. The molecule has 1 N–H and O–H groups in total. The van der Waals surface area contributed by atoms with Crippen LogP contribution in [0.3, 0.4) is 0 Å². The molecular weight excluding hydrogens is 228 g/mol. The van der Waals surface area contributed by atoms with Crippen molar-refractivity contribution in [3.8, 4) is 0 Å². The van der Waals surface area contributed by atoms with E-state index >= 15 is 0 Å². The second kappa shape index (κ2) is 6.81. The third-order valence-electron chi connectivity index (χ3n) is 2.16. The zero-order chi connectivity index (χ0) is 12.0. The molecule has 16 heavy (non-hydrogen) atoms. The zero-order valence-electron chi connectivity index (χ0n) is 9.56. The van der Waals surface area contributed by atoms with E-state index in [1.54, 1.807) is 13.3 Å². The van der Waals surface area contributed by atoms with Crippen molar-refractivity contribution in [1.82, 2.24) is 9.88 Å². The van der Waals surface area contributed by atoms with Crippen molar-refractivity contribution in [3.05, 3.63) is 29.0 Å². The number of aliphatic hydroxyl groups excluding tert-OH is 1. The van der Waals surface area contributed by atoms with Crippen LogP contribution in [0.1, 0.15) is 5.56 Å². The van der Waals surface area contributed by atoms with Gasteiger partial charge in [-0.2, -0.15) is 0 Å². The van der Waals surface area contributed by atoms with Gasteiger partial charge in [-0.25, -0.2) is 4.98 Å². The Labute approximate surface area is 101 Å². The number of likely N-dealkylation sites (N-methyl/N-ethyl adjacent to an activating group) is 1. The minimum absolute atomic E-state index is 0.338. The molecule has 0 aliphatic heterocycles. The number of hydrogen-bond acceptors (Lipinski definition) is 4. The maximum absolute atomic E-state index is 9.55. The molecule has 0 radical (unpaired) electrons. The van der Waals surface area contributed by atoms with E-state index in [1.807, 2.05) is 24.1 Å². The third-order valence-corrected chi connectivity index (χ3v) is 2.50. The highest BCUT2D eigenvalue weighted by atomic mass is 35.5. The normalized spacial score (nSPS) is 13.1. The molecule has 1 heterocycles. The van der Waals surface area contributed by atoms with Crippen LogP contribution in [0.25, 0.3) is 0 Å². The average molecular weight is 245 g/mol. The van der Waals surface area contributed by atoms with Crippen molar-refractivity contribution in [2.45, 2.75) is 12.6 Å². The highest BCUT2D eigenvalue weighted by Crippen LogP contribution is 2.13. The Balaban J connectivity index is 2.45. The summed E-state index contributed by atoms with van der Waals surface area (Å²) >= 11 is 5.94. The molecule has 0 aliphatic rings. The number of rotatable bonds is 6. The van der Waals surface area contributed by atoms with E-state index in [9.17, 15) is 5.11 Å². The number of ether oxygens (including phenoxy) is 1. The van der Waals surface area contributed by atoms with Crippen molar-refractivity contribution < 1.29 is 9.84 Å². The van der Waals surface area contributed by atoms with Gasteiger partial charge in [0.2, 0.25) is 0 Å². The van der Waals surface area contributed by atoms with Crippen LogP contribution in [0.5, 0.6) is 0 Å². The minimum Gasteiger partial charge on any atom is -0.389 e. The number of halogens is 1. The predicted molar refractivity (Wildman–Crippen MR) is 63.5 cm³/mol. The summed E-state index contributed by atoms with van der Waals surface area (Å²) in [5, 5.41) is 10.1. The van der Waals surface area contributed by atoms with E-state index in [0.717, 1.165) is 5.56 Å². The molecule has 0 aromatic carbocycles. The fraction of sp³-hybridized carbons (Fsp3) is 0.545. The van der Waals surface area contributed by atoms with Crippen LogP contribution in [0.15, 0.2) is 18.3 Å². The maximum Gasteiger partial charge on any atom is 0.133 e. The summed E-state index contributed by atoms with van der Waals surface area (Å²) in [6.07, 6.45) is 1.18. The quantitative estimate of drug-likeness (QED) is 0.764. The Kier molecular flexibility index (Phi) is 5.69. The van der Waals surface area contributed by atoms with Gasteiger partial charge in [0.1, 0.15) is 5.15 Å². The second-order valence-corrected chi connectivity index (χ2v) is 4.12. The Morgan fingerprint density at radius 3 is 3.00 bits per heavy atom. The molecule has 90 valence electrons. The Bertz CT molecular complexity index is 323. The molecule has 0 fully saturated rings. The van der Waals surface area contributed by atoms with Gasteiger partial charge in [0.25, 0.3) is 0 Å². The van der Waals surface area contributed by atoms with Crippen LogP contribution in [0, 0.1) is 0 Å². The summed E-state index contributed by atoms with van der Waals surface area (Å²) in [5.41, 5.74) is 0.955. The van der Waals surface area contributed by atoms with Crippen LogP contribution < -0.4 is 0 Å². The molecule has 1 rings (SSSR count). The molecule has 0 aliphatic carbocycles. The lowest BCUT2D eigenvalue weighted by atomic mass is 10.2. The standard InChI is InChI=1S/C11H17ClN2O2/c1-14(7-10(15)8-16-2)6-9-4-3-5-13-11(9)12/h3-5,10,15H,6-8H2,1-2H3. The Hall–Kier alpha value is -0.680. The molecule has 0 saturated carbocycles. The number of pyridine rings is 1. The van der Waals surface area contributed by atoms with Crippen molar-refractivity contribution in [1.29, 1.82) is 0 Å². The molecule has 0 amide bonds. The van der Waals surface area contributed by atoms with Crippen molar-refractivity contribution >= 4 is 11.6 Å². The molecule has 1 unspecified atom stereocenters. The lowest BCUT2D eigenvalue weighted by Crippen LogP contribution is -2.31. The highest BCUT2D eigenvalue weighted by Gasteiger charge is 2.09. The lowest BCUT2D eigenvalue weighted by Gasteiger charge is -2.20. The van der Waals surface area contributed by atoms with Crippen LogP contribution in [0.2, 0.25) is 5.15 Å². The molecule has 0 spiro atoms. The molecule has 0 saturated heterocycles.